The average Bonchev–Trinajstić information content (AvgIpc) is 3.22. The van der Waals surface area contributed by atoms with E-state index in [0.717, 1.165) is 4.90 Å². The Labute approximate surface area is 214 Å². The highest BCUT2D eigenvalue weighted by molar-refractivity contribution is 7.91. The van der Waals surface area contributed by atoms with Gasteiger partial charge in [0.2, 0.25) is 11.8 Å². The van der Waals surface area contributed by atoms with E-state index in [1.54, 1.807) is 24.3 Å². The molecule has 1 aromatic carbocycles. The van der Waals surface area contributed by atoms with Crippen molar-refractivity contribution in [3.63, 3.8) is 0 Å². The van der Waals surface area contributed by atoms with Crippen LogP contribution in [-0.4, -0.2) is 79.5 Å². The second kappa shape index (κ2) is 12.4. The minimum absolute atomic E-state index is 0. The van der Waals surface area contributed by atoms with Gasteiger partial charge in [0.1, 0.15) is 11.8 Å². The van der Waals surface area contributed by atoms with E-state index in [-0.39, 0.29) is 31.1 Å². The van der Waals surface area contributed by atoms with Gasteiger partial charge in [0.05, 0.1) is 30.2 Å². The van der Waals surface area contributed by atoms with Crippen molar-refractivity contribution < 1.29 is 41.0 Å². The molecule has 0 saturated carbocycles. The van der Waals surface area contributed by atoms with Crippen molar-refractivity contribution in [3.8, 4) is 5.75 Å². The number of halogens is 4. The van der Waals surface area contributed by atoms with Crippen LogP contribution in [0.2, 0.25) is 0 Å². The highest BCUT2D eigenvalue weighted by Crippen LogP contribution is 2.29. The Morgan fingerprint density at radius 2 is 1.78 bits per heavy atom. The number of methoxy groups -OCH3 is 1. The number of carbonyl (C=O) groups is 2. The van der Waals surface area contributed by atoms with Gasteiger partial charge in [0, 0.05) is 6.54 Å². The Bertz CT molecular complexity index is 1010. The maximum absolute atomic E-state index is 13.1. The zero-order valence-electron chi connectivity index (χ0n) is 20.4. The molecule has 0 radical (unpaired) electrons. The number of likely N-dealkylation sites (tertiary alicyclic amines) is 1. The Kier molecular flexibility index (Phi) is 11.0. The Hall–Kier alpha value is -2.09. The molecule has 4 N–H and O–H groups in total. The normalized spacial score (nSPS) is 20.9. The Morgan fingerprint density at radius 1 is 1.22 bits per heavy atom. The summed E-state index contributed by atoms with van der Waals surface area (Å²) in [6.45, 7) is 3.81. The van der Waals surface area contributed by atoms with Crippen molar-refractivity contribution >= 4 is 34.1 Å². The monoisotopic (exact) mass is 559 g/mol. The van der Waals surface area contributed by atoms with Crippen molar-refractivity contribution in [1.29, 1.82) is 0 Å². The van der Waals surface area contributed by atoms with Crippen LogP contribution < -0.4 is 15.8 Å². The van der Waals surface area contributed by atoms with Crippen molar-refractivity contribution in [2.75, 3.05) is 13.7 Å². The molecule has 0 bridgehead atoms. The number of amides is 2. The molecule has 1 saturated heterocycles. The number of hydrogen-bond acceptors (Lipinski definition) is 7. The van der Waals surface area contributed by atoms with Crippen LogP contribution >= 0.6 is 12.4 Å². The van der Waals surface area contributed by atoms with Gasteiger partial charge in [-0.05, 0) is 37.0 Å². The van der Waals surface area contributed by atoms with Gasteiger partial charge >= 0.3 is 6.18 Å². The fourth-order valence-electron chi connectivity index (χ4n) is 3.96. The largest absolute Gasteiger partial charge is 0.497 e. The molecule has 36 heavy (non-hydrogen) atoms. The highest BCUT2D eigenvalue weighted by atomic mass is 35.5. The number of aliphatic hydroxyl groups is 1. The molecule has 9 nitrogen and oxygen atoms in total. The quantitative estimate of drug-likeness (QED) is 0.416. The van der Waals surface area contributed by atoms with Gasteiger partial charge in [-0.1, -0.05) is 26.0 Å². The van der Waals surface area contributed by atoms with Gasteiger partial charge in [-0.2, -0.15) is 13.2 Å². The van der Waals surface area contributed by atoms with Gasteiger partial charge < -0.3 is 25.8 Å². The van der Waals surface area contributed by atoms with Crippen molar-refractivity contribution in [2.45, 2.75) is 68.6 Å². The summed E-state index contributed by atoms with van der Waals surface area (Å²) >= 11 is 0. The first-order valence-electron chi connectivity index (χ1n) is 11.0. The molecular formula is C22H33ClF3N3O6S. The number of nitrogens with two attached hydrogens (primary N) is 1. The van der Waals surface area contributed by atoms with Gasteiger partial charge in [-0.25, -0.2) is 8.42 Å². The standard InChI is InChI=1S/C22H32F3N3O6S.ClH/c1-12(2)18(19(29)22(23,24)25)27-20(30)17-9-16(10-28(17)21(31)13(3)26)35(32,33)11-14-5-7-15(34-4)8-6-14;/h5-8,12-13,16-19,29H,9-11,26H2,1-4H3,(H,27,30);1H/t13-,16+,17-,18-,19-;/m0./s1. The summed E-state index contributed by atoms with van der Waals surface area (Å²) in [4.78, 5) is 26.6. The van der Waals surface area contributed by atoms with E-state index < -0.39 is 63.2 Å². The first kappa shape index (κ1) is 31.9. The van der Waals surface area contributed by atoms with E-state index >= 15 is 0 Å². The van der Waals surface area contributed by atoms with Gasteiger partial charge in [0.15, 0.2) is 15.9 Å². The van der Waals surface area contributed by atoms with E-state index in [2.05, 4.69) is 5.32 Å². The number of alkyl halides is 3. The number of ether oxygens (including phenoxy) is 1. The lowest BCUT2D eigenvalue weighted by Gasteiger charge is -2.32. The highest BCUT2D eigenvalue weighted by Gasteiger charge is 2.49. The van der Waals surface area contributed by atoms with E-state index in [4.69, 9.17) is 10.5 Å². The number of hydrogen-bond donors (Lipinski definition) is 3. The predicted molar refractivity (Wildman–Crippen MR) is 129 cm³/mol. The molecular weight excluding hydrogens is 527 g/mol. The van der Waals surface area contributed by atoms with Crippen LogP contribution in [0.25, 0.3) is 0 Å². The number of sulfone groups is 1. The van der Waals surface area contributed by atoms with Gasteiger partial charge in [-0.15, -0.1) is 12.4 Å². The van der Waals surface area contributed by atoms with Gasteiger partial charge in [0.25, 0.3) is 0 Å². The van der Waals surface area contributed by atoms with E-state index in [9.17, 15) is 36.3 Å². The zero-order chi connectivity index (χ0) is 26.7. The van der Waals surface area contributed by atoms with Crippen LogP contribution in [0.3, 0.4) is 0 Å². The summed E-state index contributed by atoms with van der Waals surface area (Å²) in [5.74, 6) is -2.31. The lowest BCUT2D eigenvalue weighted by molar-refractivity contribution is -0.215. The van der Waals surface area contributed by atoms with Crippen molar-refractivity contribution in [2.24, 2.45) is 11.7 Å². The third-order valence-corrected chi connectivity index (χ3v) is 8.07. The van der Waals surface area contributed by atoms with Crippen LogP contribution in [0.5, 0.6) is 5.75 Å². The van der Waals surface area contributed by atoms with Crippen LogP contribution in [0.15, 0.2) is 24.3 Å². The molecule has 1 aliphatic heterocycles. The first-order chi connectivity index (χ1) is 16.1. The summed E-state index contributed by atoms with van der Waals surface area (Å²) in [7, 11) is -2.39. The summed E-state index contributed by atoms with van der Waals surface area (Å²) < 4.78 is 70.6. The smallest absolute Gasteiger partial charge is 0.416 e. The molecule has 2 rings (SSSR count). The molecule has 5 atom stereocenters. The number of benzene rings is 1. The Balaban J connectivity index is 0.00000648. The molecule has 0 aliphatic carbocycles. The number of carbonyl (C=O) groups excluding carboxylic acids is 2. The molecule has 0 aromatic heterocycles. The maximum Gasteiger partial charge on any atom is 0.416 e. The molecule has 0 spiro atoms. The molecule has 0 unspecified atom stereocenters. The molecule has 1 fully saturated rings. The van der Waals surface area contributed by atoms with Crippen molar-refractivity contribution in [3.05, 3.63) is 29.8 Å². The van der Waals surface area contributed by atoms with E-state index in [1.165, 1.54) is 27.9 Å². The minimum Gasteiger partial charge on any atom is -0.497 e. The maximum atomic E-state index is 13.1. The first-order valence-corrected chi connectivity index (χ1v) is 12.8. The molecule has 1 aromatic rings. The molecule has 2 amide bonds. The SMILES string of the molecule is COc1ccc(CS(=O)(=O)[C@@H]2C[C@@H](C(=O)N[C@@H](C(C)C)[C@H](O)C(F)(F)F)N(C(=O)[C@H](C)N)C2)cc1.Cl. The second-order valence-corrected chi connectivity index (χ2v) is 11.4. The number of nitrogens with zero attached hydrogens (tertiary/aromatic N) is 1. The summed E-state index contributed by atoms with van der Waals surface area (Å²) in [5.41, 5.74) is 6.13. The number of aliphatic hydroxyl groups excluding tert-OH is 1. The lowest BCUT2D eigenvalue weighted by atomic mass is 9.97. The molecule has 1 heterocycles. The average molecular weight is 560 g/mol. The molecule has 1 aliphatic rings. The zero-order valence-corrected chi connectivity index (χ0v) is 22.0. The lowest BCUT2D eigenvalue weighted by Crippen LogP contribution is -2.57. The van der Waals surface area contributed by atoms with Crippen LogP contribution in [0.1, 0.15) is 32.8 Å². The Morgan fingerprint density at radius 3 is 2.22 bits per heavy atom. The second-order valence-electron chi connectivity index (χ2n) is 9.07. The van der Waals surface area contributed by atoms with E-state index in [1.807, 2.05) is 0 Å². The third-order valence-electron chi connectivity index (χ3n) is 5.98. The molecule has 206 valence electrons. The number of rotatable bonds is 9. The van der Waals surface area contributed by atoms with E-state index in [0.29, 0.717) is 11.3 Å². The summed E-state index contributed by atoms with van der Waals surface area (Å²) in [5, 5.41) is 10.7. The van der Waals surface area contributed by atoms with Gasteiger partial charge in [-0.3, -0.25) is 9.59 Å². The molecule has 14 heteroatoms. The van der Waals surface area contributed by atoms with Crippen LogP contribution in [0.4, 0.5) is 13.2 Å². The topological polar surface area (TPSA) is 139 Å². The summed E-state index contributed by atoms with van der Waals surface area (Å²) in [6.07, 6.45) is -8.13. The fourth-order valence-corrected chi connectivity index (χ4v) is 5.71. The fraction of sp³-hybridized carbons (Fsp3) is 0.636. The number of nitrogens with one attached hydrogen (secondary N) is 1. The minimum atomic E-state index is -4.98. The summed E-state index contributed by atoms with van der Waals surface area (Å²) in [6, 6.07) is 2.24. The van der Waals surface area contributed by atoms with Crippen molar-refractivity contribution in [1.82, 2.24) is 10.2 Å². The van der Waals surface area contributed by atoms with Crippen LogP contribution in [-0.2, 0) is 25.2 Å². The van der Waals surface area contributed by atoms with Crippen LogP contribution in [0, 0.1) is 5.92 Å². The predicted octanol–water partition coefficient (Wildman–Crippen LogP) is 1.41. The third kappa shape index (κ3) is 7.70.